The zero-order valence-corrected chi connectivity index (χ0v) is 20.9. The van der Waals surface area contributed by atoms with Crippen LogP contribution in [-0.2, 0) is 6.18 Å². The van der Waals surface area contributed by atoms with Gasteiger partial charge < -0.3 is 15.5 Å². The van der Waals surface area contributed by atoms with Crippen molar-refractivity contribution in [1.29, 1.82) is 0 Å². The van der Waals surface area contributed by atoms with Gasteiger partial charge in [0.1, 0.15) is 12.4 Å². The molecule has 2 amide bonds. The van der Waals surface area contributed by atoms with Gasteiger partial charge in [-0.15, -0.1) is 0 Å². The molecule has 0 radical (unpaired) electrons. The minimum absolute atomic E-state index is 0.178. The number of anilines is 2. The van der Waals surface area contributed by atoms with Gasteiger partial charge in [0, 0.05) is 25.0 Å². The summed E-state index contributed by atoms with van der Waals surface area (Å²) in [5.41, 5.74) is 0.790. The van der Waals surface area contributed by atoms with Crippen molar-refractivity contribution in [2.24, 2.45) is 0 Å². The molecular formula is C25H29F3N6O3. The van der Waals surface area contributed by atoms with E-state index in [2.05, 4.69) is 34.1 Å². The van der Waals surface area contributed by atoms with E-state index in [9.17, 15) is 28.2 Å². The van der Waals surface area contributed by atoms with E-state index in [1.54, 1.807) is 25.1 Å². The molecule has 0 spiro atoms. The lowest BCUT2D eigenvalue weighted by atomic mass is 10.0. The van der Waals surface area contributed by atoms with Crippen molar-refractivity contribution in [2.75, 3.05) is 23.8 Å². The first-order valence-corrected chi connectivity index (χ1v) is 11.6. The number of nitrogens with zero attached hydrogens (tertiary/aromatic N) is 5. The van der Waals surface area contributed by atoms with Gasteiger partial charge in [0.15, 0.2) is 0 Å². The molecule has 0 aliphatic carbocycles. The van der Waals surface area contributed by atoms with Crippen molar-refractivity contribution in [1.82, 2.24) is 19.9 Å². The lowest BCUT2D eigenvalue weighted by molar-refractivity contribution is -0.214. The number of hydrogen-bond donors (Lipinski definition) is 3. The molecule has 1 unspecified atom stereocenters. The third-order valence-corrected chi connectivity index (χ3v) is 5.44. The fourth-order valence-electron chi connectivity index (χ4n) is 3.44. The number of aromatic nitrogens is 3. The molecular weight excluding hydrogens is 489 g/mol. The molecule has 4 rings (SSSR count). The van der Waals surface area contributed by atoms with Crippen molar-refractivity contribution in [3.05, 3.63) is 66.1 Å². The average molecular weight is 519 g/mol. The van der Waals surface area contributed by atoms with E-state index < -0.39 is 23.7 Å². The van der Waals surface area contributed by atoms with Gasteiger partial charge in [-0.05, 0) is 36.8 Å². The van der Waals surface area contributed by atoms with Gasteiger partial charge in [-0.25, -0.2) is 9.78 Å². The second-order valence-corrected chi connectivity index (χ2v) is 8.56. The number of aliphatic hydroxyl groups is 2. The van der Waals surface area contributed by atoms with Crippen molar-refractivity contribution in [2.45, 2.75) is 45.3 Å². The maximum Gasteiger partial charge on any atom is 0.416 e. The highest BCUT2D eigenvalue weighted by Crippen LogP contribution is 2.32. The number of rotatable bonds is 5. The van der Waals surface area contributed by atoms with Crippen LogP contribution >= 0.6 is 0 Å². The number of amides is 2. The van der Waals surface area contributed by atoms with Crippen LogP contribution in [0.2, 0.25) is 0 Å². The molecule has 0 bridgehead atoms. The van der Waals surface area contributed by atoms with Gasteiger partial charge in [-0.2, -0.15) is 18.2 Å². The molecule has 0 saturated carbocycles. The third-order valence-electron chi connectivity index (χ3n) is 5.44. The molecule has 2 aromatic heterocycles. The van der Waals surface area contributed by atoms with Crippen molar-refractivity contribution >= 4 is 17.8 Å². The molecule has 12 heteroatoms. The Morgan fingerprint density at radius 1 is 1.11 bits per heavy atom. The Morgan fingerprint density at radius 3 is 2.38 bits per heavy atom. The summed E-state index contributed by atoms with van der Waals surface area (Å²) in [6, 6.07) is 8.83. The van der Waals surface area contributed by atoms with Gasteiger partial charge in [0.05, 0.1) is 17.3 Å². The van der Waals surface area contributed by atoms with Gasteiger partial charge >= 0.3 is 12.2 Å². The van der Waals surface area contributed by atoms with Crippen LogP contribution in [0.4, 0.5) is 29.7 Å². The Kier molecular flexibility index (Phi) is 8.34. The molecule has 1 saturated heterocycles. The third kappa shape index (κ3) is 6.52. The van der Waals surface area contributed by atoms with E-state index in [-0.39, 0.29) is 24.4 Å². The summed E-state index contributed by atoms with van der Waals surface area (Å²) in [5.74, 6) is -1.95. The van der Waals surface area contributed by atoms with E-state index in [0.29, 0.717) is 16.8 Å². The Labute approximate surface area is 212 Å². The number of benzene rings is 1. The molecule has 1 aromatic carbocycles. The zero-order chi connectivity index (χ0) is 27.4. The largest absolute Gasteiger partial charge is 0.416 e. The number of β-amino-alcohol motifs (C(OH)–C–C–N with tert-alkyl or cyclic N) is 2. The average Bonchev–Trinajstić information content (AvgIpc) is 3.07. The van der Waals surface area contributed by atoms with E-state index in [1.807, 2.05) is 0 Å². The molecule has 3 N–H and O–H groups in total. The summed E-state index contributed by atoms with van der Waals surface area (Å²) < 4.78 is 38.9. The maximum atomic E-state index is 13.0. The first kappa shape index (κ1) is 27.8. The van der Waals surface area contributed by atoms with Crippen LogP contribution < -0.4 is 10.2 Å². The zero-order valence-electron chi connectivity index (χ0n) is 20.9. The summed E-state index contributed by atoms with van der Waals surface area (Å²) in [6.07, 6.45) is -0.272. The lowest BCUT2D eigenvalue weighted by Gasteiger charge is -2.20. The van der Waals surface area contributed by atoms with E-state index >= 15 is 0 Å². The predicted molar refractivity (Wildman–Crippen MR) is 132 cm³/mol. The Balaban J connectivity index is 0.00000121. The number of alkyl halides is 3. The number of nitrogens with one attached hydrogen (secondary N) is 1. The number of pyridine rings is 1. The number of carbonyl (C=O) groups excluding carboxylic acids is 1. The minimum atomic E-state index is -4.43. The first-order chi connectivity index (χ1) is 17.4. The minimum Gasteiger partial charge on any atom is -0.347 e. The summed E-state index contributed by atoms with van der Waals surface area (Å²) in [6.45, 7) is 5.66. The smallest absolute Gasteiger partial charge is 0.347 e. The predicted octanol–water partition coefficient (Wildman–Crippen LogP) is 4.66. The Morgan fingerprint density at radius 2 is 1.81 bits per heavy atom. The standard InChI is InChI=1S/C22H21F3N6O3.C3H8/c1-13(17-7-6-15(11-27-17)14-4-3-5-16(10-14)22(23,24)25)28-19-26-9-8-18(29-19)31-12-21(33,34)30(2)20(31)32;1-3-2/h3-11,13,33-34H,12H2,1-2H3,(H,26,28,29);3H2,1-2H3. The van der Waals surface area contributed by atoms with Crippen LogP contribution in [-0.4, -0.2) is 55.6 Å². The monoisotopic (exact) mass is 518 g/mol. The summed E-state index contributed by atoms with van der Waals surface area (Å²) in [5, 5.41) is 22.8. The van der Waals surface area contributed by atoms with Crippen LogP contribution in [0, 0.1) is 0 Å². The van der Waals surface area contributed by atoms with E-state index in [1.165, 1.54) is 38.0 Å². The highest BCUT2D eigenvalue weighted by Gasteiger charge is 2.46. The number of urea groups is 1. The number of likely N-dealkylation sites (N-methyl/N-ethyl adjacent to an activating group) is 1. The summed E-state index contributed by atoms with van der Waals surface area (Å²) in [4.78, 5) is 26.9. The number of carbonyl (C=O) groups is 1. The molecule has 3 heterocycles. The van der Waals surface area contributed by atoms with Crippen molar-refractivity contribution in [3.8, 4) is 11.1 Å². The number of halogens is 3. The van der Waals surface area contributed by atoms with Gasteiger partial charge in [0.25, 0.3) is 5.91 Å². The van der Waals surface area contributed by atoms with Crippen LogP contribution in [0.25, 0.3) is 11.1 Å². The normalized spacial score (nSPS) is 15.8. The molecule has 1 aliphatic rings. The molecule has 3 aromatic rings. The summed E-state index contributed by atoms with van der Waals surface area (Å²) in [7, 11) is 1.26. The van der Waals surface area contributed by atoms with Crippen LogP contribution in [0.3, 0.4) is 0 Å². The maximum absolute atomic E-state index is 13.0. The van der Waals surface area contributed by atoms with Gasteiger partial charge in [-0.1, -0.05) is 38.5 Å². The van der Waals surface area contributed by atoms with Crippen LogP contribution in [0.15, 0.2) is 54.9 Å². The molecule has 198 valence electrons. The van der Waals surface area contributed by atoms with E-state index in [4.69, 9.17) is 0 Å². The van der Waals surface area contributed by atoms with Gasteiger partial charge in [0.2, 0.25) is 5.95 Å². The summed E-state index contributed by atoms with van der Waals surface area (Å²) >= 11 is 0. The number of hydrogen-bond acceptors (Lipinski definition) is 7. The fourth-order valence-corrected chi connectivity index (χ4v) is 3.44. The first-order valence-electron chi connectivity index (χ1n) is 11.6. The molecule has 1 fully saturated rings. The van der Waals surface area contributed by atoms with Crippen molar-refractivity contribution in [3.63, 3.8) is 0 Å². The highest BCUT2D eigenvalue weighted by atomic mass is 19.4. The molecule has 9 nitrogen and oxygen atoms in total. The lowest BCUT2D eigenvalue weighted by Crippen LogP contribution is -2.44. The van der Waals surface area contributed by atoms with Crippen LogP contribution in [0.5, 0.6) is 0 Å². The Bertz CT molecular complexity index is 1220. The SMILES string of the molecule is CC(Nc1nccc(N2CC(O)(O)N(C)C2=O)n1)c1ccc(-c2cccc(C(F)(F)F)c2)cn1.CCC. The molecule has 1 atom stereocenters. The second kappa shape index (κ2) is 11.1. The molecule has 37 heavy (non-hydrogen) atoms. The van der Waals surface area contributed by atoms with Crippen molar-refractivity contribution < 1.29 is 28.2 Å². The van der Waals surface area contributed by atoms with Crippen LogP contribution in [0.1, 0.15) is 44.5 Å². The quantitative estimate of drug-likeness (QED) is 0.421. The van der Waals surface area contributed by atoms with Gasteiger partial charge in [-0.3, -0.25) is 14.8 Å². The topological polar surface area (TPSA) is 115 Å². The molecule has 1 aliphatic heterocycles. The Hall–Kier alpha value is -3.77. The van der Waals surface area contributed by atoms with E-state index in [0.717, 1.165) is 21.9 Å². The fraction of sp³-hybridized carbons (Fsp3) is 0.360. The second-order valence-electron chi connectivity index (χ2n) is 8.56. The highest BCUT2D eigenvalue weighted by molar-refractivity contribution is 5.93.